The highest BCUT2D eigenvalue weighted by Crippen LogP contribution is 2.39. The lowest BCUT2D eigenvalue weighted by molar-refractivity contribution is -0.161. The van der Waals surface area contributed by atoms with E-state index in [1.807, 2.05) is 6.07 Å². The third-order valence-electron chi connectivity index (χ3n) is 6.61. The summed E-state index contributed by atoms with van der Waals surface area (Å²) in [6, 6.07) is 8.99. The van der Waals surface area contributed by atoms with Gasteiger partial charge in [0.05, 0.1) is 21.2 Å². The standard InChI is InChI=1S/C25H21ClF5N3O5S/c26-18-10-16(39-14-24(27,28)29)6-7-20(18)40(37,38)17-11-19(21(35)33-23(13-32)8-9-23)34(12-17)22(36)25(30,31)15-4-2-1-3-5-15/h1-7,10,17,19H,8-9,11-12,14H2,(H,33,35). The second-order valence-corrected chi connectivity index (χ2v) is 12.1. The molecular weight excluding hydrogens is 585 g/mol. The van der Waals surface area contributed by atoms with Gasteiger partial charge >= 0.3 is 12.1 Å². The number of carbonyl (C=O) groups excluding carboxylic acids is 2. The molecule has 1 heterocycles. The predicted molar refractivity (Wildman–Crippen MR) is 130 cm³/mol. The fraction of sp³-hybridized carbons (Fsp3) is 0.400. The minimum Gasteiger partial charge on any atom is -0.484 e. The molecule has 2 aromatic carbocycles. The summed E-state index contributed by atoms with van der Waals surface area (Å²) in [6.07, 6.45) is -4.64. The fourth-order valence-electron chi connectivity index (χ4n) is 4.30. The van der Waals surface area contributed by atoms with Gasteiger partial charge in [-0.05, 0) is 31.4 Å². The second kappa shape index (κ2) is 10.5. The summed E-state index contributed by atoms with van der Waals surface area (Å²) < 4.78 is 99.3. The van der Waals surface area contributed by atoms with Crippen LogP contribution in [0.5, 0.6) is 5.75 Å². The van der Waals surface area contributed by atoms with Gasteiger partial charge in [0.2, 0.25) is 5.91 Å². The zero-order chi connectivity index (χ0) is 29.5. The maximum absolute atomic E-state index is 15.2. The third kappa shape index (κ3) is 6.00. The maximum atomic E-state index is 15.2. The summed E-state index contributed by atoms with van der Waals surface area (Å²) in [4.78, 5) is 26.1. The van der Waals surface area contributed by atoms with E-state index in [0.717, 1.165) is 30.3 Å². The number of sulfone groups is 1. The Morgan fingerprint density at radius 1 is 1.12 bits per heavy atom. The molecule has 4 rings (SSSR count). The Morgan fingerprint density at radius 2 is 1.77 bits per heavy atom. The molecule has 2 unspecified atom stereocenters. The van der Waals surface area contributed by atoms with E-state index in [4.69, 9.17) is 11.6 Å². The van der Waals surface area contributed by atoms with Crippen molar-refractivity contribution in [3.63, 3.8) is 0 Å². The van der Waals surface area contributed by atoms with Gasteiger partial charge in [0.15, 0.2) is 16.4 Å². The number of hydrogen-bond donors (Lipinski definition) is 1. The summed E-state index contributed by atoms with van der Waals surface area (Å²) in [6.45, 7) is -2.45. The molecule has 8 nitrogen and oxygen atoms in total. The molecule has 1 saturated carbocycles. The predicted octanol–water partition coefficient (Wildman–Crippen LogP) is 3.99. The number of nitrogens with one attached hydrogen (secondary N) is 1. The van der Waals surface area contributed by atoms with Gasteiger partial charge in [-0.2, -0.15) is 27.2 Å². The van der Waals surface area contributed by atoms with Crippen LogP contribution in [-0.2, 0) is 25.3 Å². The van der Waals surface area contributed by atoms with E-state index in [9.17, 15) is 36.4 Å². The Morgan fingerprint density at radius 3 is 2.33 bits per heavy atom. The Bertz CT molecular complexity index is 1460. The number of amides is 2. The van der Waals surface area contributed by atoms with Gasteiger partial charge in [-0.15, -0.1) is 0 Å². The Hall–Kier alpha value is -3.44. The quantitative estimate of drug-likeness (QED) is 0.455. The molecule has 2 amide bonds. The molecule has 1 aliphatic heterocycles. The summed E-state index contributed by atoms with van der Waals surface area (Å²) in [7, 11) is -4.50. The summed E-state index contributed by atoms with van der Waals surface area (Å²) in [5, 5.41) is 9.67. The maximum Gasteiger partial charge on any atom is 0.422 e. The van der Waals surface area contributed by atoms with Crippen LogP contribution in [0.3, 0.4) is 0 Å². The molecule has 15 heteroatoms. The summed E-state index contributed by atoms with van der Waals surface area (Å²) in [5.74, 6) is -7.24. The number of halogens is 6. The number of carbonyl (C=O) groups is 2. The smallest absolute Gasteiger partial charge is 0.422 e. The monoisotopic (exact) mass is 605 g/mol. The molecule has 1 saturated heterocycles. The molecule has 2 atom stereocenters. The lowest BCUT2D eigenvalue weighted by atomic mass is 10.1. The van der Waals surface area contributed by atoms with Crippen LogP contribution in [0.25, 0.3) is 0 Å². The number of benzene rings is 2. The van der Waals surface area contributed by atoms with Gasteiger partial charge in [-0.25, -0.2) is 8.42 Å². The number of likely N-dealkylation sites (tertiary alicyclic amines) is 1. The molecule has 0 spiro atoms. The highest BCUT2D eigenvalue weighted by molar-refractivity contribution is 7.92. The van der Waals surface area contributed by atoms with Crippen molar-refractivity contribution in [1.82, 2.24) is 10.2 Å². The SMILES string of the molecule is N#CC1(NC(=O)C2CC(S(=O)(=O)c3ccc(OCC(F)(F)F)cc3Cl)CN2C(=O)C(F)(F)c2ccccc2)CC1. The van der Waals surface area contributed by atoms with Crippen molar-refractivity contribution in [3.05, 3.63) is 59.1 Å². The molecule has 0 aromatic heterocycles. The van der Waals surface area contributed by atoms with Crippen molar-refractivity contribution < 1.29 is 44.7 Å². The number of ether oxygens (including phenoxy) is 1. The first-order valence-electron chi connectivity index (χ1n) is 11.8. The minimum absolute atomic E-state index is 0.302. The van der Waals surface area contributed by atoms with Crippen LogP contribution in [0.2, 0.25) is 5.02 Å². The molecule has 0 bridgehead atoms. The van der Waals surface area contributed by atoms with Crippen LogP contribution in [-0.4, -0.2) is 61.3 Å². The van der Waals surface area contributed by atoms with Crippen LogP contribution in [0.1, 0.15) is 24.8 Å². The summed E-state index contributed by atoms with van der Waals surface area (Å²) >= 11 is 6.05. The first kappa shape index (κ1) is 29.5. The number of hydrogen-bond acceptors (Lipinski definition) is 6. The van der Waals surface area contributed by atoms with Crippen LogP contribution >= 0.6 is 11.6 Å². The van der Waals surface area contributed by atoms with Crippen LogP contribution in [0.15, 0.2) is 53.4 Å². The Kier molecular flexibility index (Phi) is 7.76. The molecule has 1 N–H and O–H groups in total. The van der Waals surface area contributed by atoms with Crippen LogP contribution in [0.4, 0.5) is 22.0 Å². The Labute approximate surface area is 230 Å². The van der Waals surface area contributed by atoms with Gasteiger partial charge in [0.25, 0.3) is 5.91 Å². The largest absolute Gasteiger partial charge is 0.484 e. The van der Waals surface area contributed by atoms with E-state index in [2.05, 4.69) is 10.1 Å². The molecule has 2 fully saturated rings. The molecule has 0 radical (unpaired) electrons. The van der Waals surface area contributed by atoms with Gasteiger partial charge < -0.3 is 15.0 Å². The van der Waals surface area contributed by atoms with Crippen molar-refractivity contribution in [2.45, 2.75) is 53.1 Å². The number of rotatable bonds is 8. The normalized spacial score (nSPS) is 20.5. The number of alkyl halides is 5. The van der Waals surface area contributed by atoms with E-state index in [0.29, 0.717) is 17.7 Å². The van der Waals surface area contributed by atoms with Crippen LogP contribution in [0, 0.1) is 11.3 Å². The highest BCUT2D eigenvalue weighted by Gasteiger charge is 2.54. The van der Waals surface area contributed by atoms with Crippen molar-refractivity contribution in [3.8, 4) is 11.8 Å². The second-order valence-electron chi connectivity index (χ2n) is 9.50. The Balaban J connectivity index is 1.64. The van der Waals surface area contributed by atoms with E-state index in [1.165, 1.54) is 18.2 Å². The minimum atomic E-state index is -4.65. The lowest BCUT2D eigenvalue weighted by Gasteiger charge is -2.28. The molecule has 2 aromatic rings. The van der Waals surface area contributed by atoms with E-state index in [-0.39, 0.29) is 5.75 Å². The van der Waals surface area contributed by atoms with Crippen molar-refractivity contribution in [2.24, 2.45) is 0 Å². The van der Waals surface area contributed by atoms with E-state index >= 15 is 8.78 Å². The van der Waals surface area contributed by atoms with Crippen LogP contribution < -0.4 is 10.1 Å². The third-order valence-corrected chi connectivity index (χ3v) is 9.22. The van der Waals surface area contributed by atoms with Crippen molar-refractivity contribution >= 4 is 33.3 Å². The molecule has 2 aliphatic rings. The highest BCUT2D eigenvalue weighted by atomic mass is 35.5. The van der Waals surface area contributed by atoms with Gasteiger partial charge in [0.1, 0.15) is 17.3 Å². The molecular formula is C25H21ClF5N3O5S. The van der Waals surface area contributed by atoms with Crippen molar-refractivity contribution in [1.29, 1.82) is 5.26 Å². The first-order chi connectivity index (χ1) is 18.6. The van der Waals surface area contributed by atoms with Gasteiger partial charge in [-0.3, -0.25) is 9.59 Å². The number of nitrogens with zero attached hydrogens (tertiary/aromatic N) is 2. The summed E-state index contributed by atoms with van der Waals surface area (Å²) in [5.41, 5.74) is -1.89. The zero-order valence-electron chi connectivity index (χ0n) is 20.4. The van der Waals surface area contributed by atoms with E-state index < -0.39 is 85.6 Å². The average molecular weight is 606 g/mol. The fourth-order valence-corrected chi connectivity index (χ4v) is 6.54. The zero-order valence-corrected chi connectivity index (χ0v) is 22.0. The van der Waals surface area contributed by atoms with E-state index in [1.54, 1.807) is 0 Å². The molecule has 40 heavy (non-hydrogen) atoms. The van der Waals surface area contributed by atoms with Crippen molar-refractivity contribution in [2.75, 3.05) is 13.2 Å². The van der Waals surface area contributed by atoms with Gasteiger partial charge in [-0.1, -0.05) is 41.9 Å². The molecule has 1 aliphatic carbocycles. The van der Waals surface area contributed by atoms with Gasteiger partial charge in [0, 0.05) is 18.2 Å². The number of nitriles is 1. The average Bonchev–Trinajstić information content (AvgIpc) is 3.51. The lowest BCUT2D eigenvalue weighted by Crippen LogP contribution is -2.52. The first-order valence-corrected chi connectivity index (χ1v) is 13.7. The topological polar surface area (TPSA) is 117 Å². The molecule has 214 valence electrons.